The van der Waals surface area contributed by atoms with Gasteiger partial charge in [0.05, 0.1) is 32.7 Å². The van der Waals surface area contributed by atoms with Crippen LogP contribution in [-0.4, -0.2) is 45.8 Å². The number of halogens is 2. The number of anilines is 1. The lowest BCUT2D eigenvalue weighted by Gasteiger charge is -2.18. The first-order valence-electron chi connectivity index (χ1n) is 7.68. The van der Waals surface area contributed by atoms with Crippen LogP contribution >= 0.6 is 23.2 Å². The number of hydrogen-bond donors (Lipinski definition) is 2. The number of carbonyl (C=O) groups excluding carboxylic acids is 2. The molecule has 144 valence electrons. The Hall–Kier alpha value is -2.13. The van der Waals surface area contributed by atoms with Crippen LogP contribution in [0, 0.1) is 0 Å². The van der Waals surface area contributed by atoms with Crippen molar-refractivity contribution in [2.75, 3.05) is 26.0 Å². The Morgan fingerprint density at radius 1 is 1.07 bits per heavy atom. The Labute approximate surface area is 167 Å². The lowest BCUT2D eigenvalue weighted by Crippen LogP contribution is -2.35. The van der Waals surface area contributed by atoms with E-state index in [9.17, 15) is 18.0 Å². The summed E-state index contributed by atoms with van der Waals surface area (Å²) in [6.45, 7) is -0.274. The van der Waals surface area contributed by atoms with Gasteiger partial charge in [0.15, 0.2) is 0 Å². The zero-order chi connectivity index (χ0) is 20.2. The molecule has 2 amide bonds. The molecule has 10 heteroatoms. The van der Waals surface area contributed by atoms with Crippen LogP contribution in [0.2, 0.25) is 10.0 Å². The fraction of sp³-hybridized carbons (Fsp3) is 0.176. The minimum Gasteiger partial charge on any atom is -0.332 e. The van der Waals surface area contributed by atoms with E-state index in [-0.39, 0.29) is 22.0 Å². The minimum absolute atomic E-state index is 0.0268. The molecule has 27 heavy (non-hydrogen) atoms. The van der Waals surface area contributed by atoms with Crippen molar-refractivity contribution in [2.24, 2.45) is 0 Å². The van der Waals surface area contributed by atoms with Crippen molar-refractivity contribution in [3.05, 3.63) is 58.1 Å². The van der Waals surface area contributed by atoms with Crippen LogP contribution in [0.1, 0.15) is 10.4 Å². The number of benzene rings is 2. The van der Waals surface area contributed by atoms with E-state index in [2.05, 4.69) is 10.0 Å². The van der Waals surface area contributed by atoms with E-state index in [0.717, 1.165) is 4.90 Å². The first-order valence-corrected chi connectivity index (χ1v) is 9.92. The van der Waals surface area contributed by atoms with Crippen LogP contribution in [0.25, 0.3) is 0 Å². The van der Waals surface area contributed by atoms with Gasteiger partial charge in [-0.3, -0.25) is 9.59 Å². The second kappa shape index (κ2) is 8.71. The van der Waals surface area contributed by atoms with Crippen molar-refractivity contribution in [3.63, 3.8) is 0 Å². The zero-order valence-electron chi connectivity index (χ0n) is 14.5. The number of sulfonamides is 1. The van der Waals surface area contributed by atoms with Gasteiger partial charge < -0.3 is 10.2 Å². The highest BCUT2D eigenvalue weighted by atomic mass is 35.5. The molecule has 0 aliphatic carbocycles. The Kier molecular flexibility index (Phi) is 6.83. The molecule has 2 N–H and O–H groups in total. The van der Waals surface area contributed by atoms with Crippen LogP contribution in [0.4, 0.5) is 5.69 Å². The van der Waals surface area contributed by atoms with E-state index < -0.39 is 21.8 Å². The topological polar surface area (TPSA) is 95.6 Å². The molecule has 0 heterocycles. The van der Waals surface area contributed by atoms with Gasteiger partial charge in [-0.25, -0.2) is 13.1 Å². The molecule has 0 aliphatic rings. The monoisotopic (exact) mass is 429 g/mol. The molecule has 0 bridgehead atoms. The van der Waals surface area contributed by atoms with Crippen molar-refractivity contribution in [1.82, 2.24) is 9.62 Å². The molecule has 0 atom stereocenters. The van der Waals surface area contributed by atoms with Crippen molar-refractivity contribution in [2.45, 2.75) is 4.90 Å². The molecule has 7 nitrogen and oxygen atoms in total. The minimum atomic E-state index is -3.74. The summed E-state index contributed by atoms with van der Waals surface area (Å²) in [5.41, 5.74) is 0.395. The van der Waals surface area contributed by atoms with Gasteiger partial charge in [-0.2, -0.15) is 0 Å². The van der Waals surface area contributed by atoms with Crippen LogP contribution in [0.3, 0.4) is 0 Å². The number of hydrogen-bond acceptors (Lipinski definition) is 4. The van der Waals surface area contributed by atoms with Crippen molar-refractivity contribution >= 4 is 50.7 Å². The molecule has 0 aromatic heterocycles. The number of amides is 2. The van der Waals surface area contributed by atoms with Crippen LogP contribution in [0.5, 0.6) is 0 Å². The number of rotatable bonds is 6. The summed E-state index contributed by atoms with van der Waals surface area (Å²) in [6, 6.07) is 10.5. The molecule has 0 saturated carbocycles. The zero-order valence-corrected chi connectivity index (χ0v) is 16.8. The third-order valence-electron chi connectivity index (χ3n) is 3.62. The third kappa shape index (κ3) is 5.20. The third-order valence-corrected chi connectivity index (χ3v) is 5.69. The second-order valence-electron chi connectivity index (χ2n) is 5.54. The van der Waals surface area contributed by atoms with Crippen LogP contribution < -0.4 is 10.0 Å². The average Bonchev–Trinajstić information content (AvgIpc) is 2.63. The first kappa shape index (κ1) is 21.2. The Morgan fingerprint density at radius 2 is 1.74 bits per heavy atom. The highest BCUT2D eigenvalue weighted by molar-refractivity contribution is 7.89. The van der Waals surface area contributed by atoms with Gasteiger partial charge in [0.25, 0.3) is 5.91 Å². The fourth-order valence-electron chi connectivity index (χ4n) is 2.20. The molecule has 2 aromatic rings. The average molecular weight is 430 g/mol. The van der Waals surface area contributed by atoms with Gasteiger partial charge >= 0.3 is 0 Å². The smallest absolute Gasteiger partial charge is 0.255 e. The van der Waals surface area contributed by atoms with Crippen molar-refractivity contribution < 1.29 is 18.0 Å². The summed E-state index contributed by atoms with van der Waals surface area (Å²) in [5, 5.41) is 3.05. The maximum absolute atomic E-state index is 12.6. The van der Waals surface area contributed by atoms with Crippen LogP contribution in [0.15, 0.2) is 47.4 Å². The molecule has 0 fully saturated rings. The van der Waals surface area contributed by atoms with Gasteiger partial charge in [-0.05, 0) is 37.4 Å². The predicted octanol–water partition coefficient (Wildman–Crippen LogP) is 2.61. The largest absolute Gasteiger partial charge is 0.332 e. The van der Waals surface area contributed by atoms with E-state index in [1.165, 1.54) is 32.3 Å². The SMILES string of the molecule is CNS(=O)(=O)c1ccc(Cl)c(C(=O)N(C)CC(=O)Nc2ccccc2Cl)c1. The van der Waals surface area contributed by atoms with E-state index in [1.54, 1.807) is 24.3 Å². The van der Waals surface area contributed by atoms with Gasteiger partial charge in [0.1, 0.15) is 0 Å². The van der Waals surface area contributed by atoms with Gasteiger partial charge in [-0.15, -0.1) is 0 Å². The van der Waals surface area contributed by atoms with E-state index in [0.29, 0.717) is 10.7 Å². The van der Waals surface area contributed by atoms with Gasteiger partial charge in [-0.1, -0.05) is 35.3 Å². The molecule has 0 saturated heterocycles. The highest BCUT2D eigenvalue weighted by Crippen LogP contribution is 2.22. The lowest BCUT2D eigenvalue weighted by molar-refractivity contribution is -0.116. The number of likely N-dealkylation sites (N-methyl/N-ethyl adjacent to an activating group) is 1. The summed E-state index contributed by atoms with van der Waals surface area (Å²) >= 11 is 12.0. The number of carbonyl (C=O) groups is 2. The molecule has 0 spiro atoms. The van der Waals surface area contributed by atoms with E-state index in [1.807, 2.05) is 0 Å². The maximum Gasteiger partial charge on any atom is 0.255 e. The Balaban J connectivity index is 2.16. The highest BCUT2D eigenvalue weighted by Gasteiger charge is 2.21. The van der Waals surface area contributed by atoms with Crippen molar-refractivity contribution in [1.29, 1.82) is 0 Å². The maximum atomic E-state index is 12.6. The number of nitrogens with one attached hydrogen (secondary N) is 2. The summed E-state index contributed by atoms with van der Waals surface area (Å²) in [6.07, 6.45) is 0. The Bertz CT molecular complexity index is 980. The van der Waals surface area contributed by atoms with Crippen molar-refractivity contribution in [3.8, 4) is 0 Å². The van der Waals surface area contributed by atoms with Gasteiger partial charge in [0, 0.05) is 7.05 Å². The molecule has 2 aromatic carbocycles. The molecule has 0 unspecified atom stereocenters. The molecule has 2 rings (SSSR count). The number of para-hydroxylation sites is 1. The molecule has 0 radical (unpaired) electrons. The lowest BCUT2D eigenvalue weighted by atomic mass is 10.2. The molecule has 0 aliphatic heterocycles. The summed E-state index contributed by atoms with van der Waals surface area (Å²) < 4.78 is 26.0. The predicted molar refractivity (Wildman–Crippen MR) is 105 cm³/mol. The second-order valence-corrected chi connectivity index (χ2v) is 8.24. The van der Waals surface area contributed by atoms with E-state index in [4.69, 9.17) is 23.2 Å². The molecular formula is C17H17Cl2N3O4S. The summed E-state index contributed by atoms with van der Waals surface area (Å²) in [7, 11) is -1.07. The normalized spacial score (nSPS) is 11.1. The molecular weight excluding hydrogens is 413 g/mol. The van der Waals surface area contributed by atoms with Crippen LogP contribution in [-0.2, 0) is 14.8 Å². The first-order chi connectivity index (χ1) is 12.7. The van der Waals surface area contributed by atoms with Gasteiger partial charge in [0.2, 0.25) is 15.9 Å². The van der Waals surface area contributed by atoms with E-state index >= 15 is 0 Å². The summed E-state index contributed by atoms with van der Waals surface area (Å²) in [4.78, 5) is 25.8. The fourth-order valence-corrected chi connectivity index (χ4v) is 3.34. The number of nitrogens with zero attached hydrogens (tertiary/aromatic N) is 1. The summed E-state index contributed by atoms with van der Waals surface area (Å²) in [5.74, 6) is -1.06. The standard InChI is InChI=1S/C17H17Cl2N3O4S/c1-20-27(25,26)11-7-8-13(18)12(9-11)17(24)22(2)10-16(23)21-15-6-4-3-5-14(15)19/h3-9,20H,10H2,1-2H3,(H,21,23). The quantitative estimate of drug-likeness (QED) is 0.737. The Morgan fingerprint density at radius 3 is 2.37 bits per heavy atom.